The van der Waals surface area contributed by atoms with Crippen molar-refractivity contribution in [2.75, 3.05) is 20.8 Å². The third kappa shape index (κ3) is 7.81. The average Bonchev–Trinajstić information content (AvgIpc) is 2.93. The Bertz CT molecular complexity index is 1170. The minimum Gasteiger partial charge on any atom is -0.493 e. The maximum absolute atomic E-state index is 14.6. The molecule has 1 N–H and O–H groups in total. The van der Waals surface area contributed by atoms with Gasteiger partial charge < -0.3 is 19.7 Å². The lowest BCUT2D eigenvalue weighted by Gasteiger charge is -2.32. The third-order valence-electron chi connectivity index (χ3n) is 6.19. The summed E-state index contributed by atoms with van der Waals surface area (Å²) in [7, 11) is 3.13. The topological polar surface area (TPSA) is 67.9 Å². The Labute approximate surface area is 218 Å². The normalized spacial score (nSPS) is 11.5. The number of amides is 2. The maximum Gasteiger partial charge on any atom is 0.243 e. The van der Waals surface area contributed by atoms with Crippen LogP contribution in [0.25, 0.3) is 0 Å². The van der Waals surface area contributed by atoms with Crippen LogP contribution >= 0.6 is 0 Å². The molecule has 0 aliphatic rings. The highest BCUT2D eigenvalue weighted by Gasteiger charge is 2.30. The molecule has 0 fully saturated rings. The van der Waals surface area contributed by atoms with Crippen LogP contribution in [0.2, 0.25) is 0 Å². The first-order chi connectivity index (χ1) is 18.0. The van der Waals surface area contributed by atoms with Crippen LogP contribution in [0.15, 0.2) is 72.8 Å². The van der Waals surface area contributed by atoms with Gasteiger partial charge in [0, 0.05) is 31.5 Å². The van der Waals surface area contributed by atoms with Crippen molar-refractivity contribution in [1.29, 1.82) is 0 Å². The summed E-state index contributed by atoms with van der Waals surface area (Å²) < 4.78 is 25.3. The van der Waals surface area contributed by atoms with Crippen molar-refractivity contribution in [1.82, 2.24) is 10.2 Å². The standard InChI is InChI=1S/C30H35FN2O4/c1-4-18-32-30(35)26(19-22-10-6-5-7-11-22)33(21-24-12-8-9-13-25(24)31)29(34)17-15-23-14-16-27(36-2)28(20-23)37-3/h5-14,16,20,26H,4,15,17-19,21H2,1-3H3,(H,32,35). The van der Waals surface area contributed by atoms with Gasteiger partial charge in [0.2, 0.25) is 11.8 Å². The van der Waals surface area contributed by atoms with Crippen molar-refractivity contribution in [3.05, 3.63) is 95.3 Å². The Hall–Kier alpha value is -3.87. The Morgan fingerprint density at radius 3 is 2.30 bits per heavy atom. The number of nitrogens with zero attached hydrogens (tertiary/aromatic N) is 1. The highest BCUT2D eigenvalue weighted by Crippen LogP contribution is 2.28. The molecule has 196 valence electrons. The number of benzene rings is 3. The number of carbonyl (C=O) groups excluding carboxylic acids is 2. The van der Waals surface area contributed by atoms with Crippen molar-refractivity contribution < 1.29 is 23.5 Å². The Kier molecular flexibility index (Phi) is 10.5. The molecule has 0 aliphatic carbocycles. The molecule has 0 radical (unpaired) electrons. The number of methoxy groups -OCH3 is 2. The number of nitrogens with one attached hydrogen (secondary N) is 1. The molecule has 1 unspecified atom stereocenters. The quantitative estimate of drug-likeness (QED) is 0.357. The second kappa shape index (κ2) is 14.0. The van der Waals surface area contributed by atoms with Crippen molar-refractivity contribution in [3.63, 3.8) is 0 Å². The molecular weight excluding hydrogens is 471 g/mol. The van der Waals surface area contributed by atoms with Crippen molar-refractivity contribution in [3.8, 4) is 11.5 Å². The molecule has 0 aromatic heterocycles. The zero-order valence-electron chi connectivity index (χ0n) is 21.7. The van der Waals surface area contributed by atoms with E-state index in [4.69, 9.17) is 9.47 Å². The van der Waals surface area contributed by atoms with Crippen LogP contribution in [0.4, 0.5) is 4.39 Å². The molecule has 1 atom stereocenters. The van der Waals surface area contributed by atoms with Gasteiger partial charge in [0.1, 0.15) is 11.9 Å². The highest BCUT2D eigenvalue weighted by atomic mass is 19.1. The predicted octanol–water partition coefficient (Wildman–Crippen LogP) is 4.94. The fraction of sp³-hybridized carbons (Fsp3) is 0.333. The van der Waals surface area contributed by atoms with Crippen molar-refractivity contribution in [2.45, 2.75) is 45.2 Å². The van der Waals surface area contributed by atoms with Crippen molar-refractivity contribution in [2.24, 2.45) is 0 Å². The minimum atomic E-state index is -0.786. The molecule has 0 saturated heterocycles. The minimum absolute atomic E-state index is 0.00547. The summed E-state index contributed by atoms with van der Waals surface area (Å²) in [5, 5.41) is 2.93. The van der Waals surface area contributed by atoms with Crippen LogP contribution in [0.1, 0.15) is 36.5 Å². The van der Waals surface area contributed by atoms with Gasteiger partial charge in [-0.3, -0.25) is 9.59 Å². The summed E-state index contributed by atoms with van der Waals surface area (Å²) in [6.45, 7) is 2.46. The molecule has 0 aliphatic heterocycles. The monoisotopic (exact) mass is 506 g/mol. The second-order valence-corrected chi connectivity index (χ2v) is 8.80. The molecule has 0 saturated carbocycles. The molecule has 2 amide bonds. The summed E-state index contributed by atoms with van der Waals surface area (Å²) in [6.07, 6.45) is 1.68. The van der Waals surface area contributed by atoms with E-state index in [1.165, 1.54) is 11.0 Å². The lowest BCUT2D eigenvalue weighted by molar-refractivity contribution is -0.141. The first-order valence-corrected chi connectivity index (χ1v) is 12.5. The Morgan fingerprint density at radius 1 is 0.919 bits per heavy atom. The smallest absolute Gasteiger partial charge is 0.243 e. The average molecular weight is 507 g/mol. The van der Waals surface area contributed by atoms with Crippen LogP contribution in [0.3, 0.4) is 0 Å². The number of carbonyl (C=O) groups is 2. The van der Waals surface area contributed by atoms with E-state index in [1.54, 1.807) is 38.5 Å². The number of aryl methyl sites for hydroxylation is 1. The number of halogens is 1. The number of rotatable bonds is 13. The first kappa shape index (κ1) is 27.7. The molecule has 0 heterocycles. The molecule has 3 aromatic carbocycles. The Balaban J connectivity index is 1.90. The van der Waals surface area contributed by atoms with E-state index in [0.29, 0.717) is 36.4 Å². The lowest BCUT2D eigenvalue weighted by atomic mass is 10.0. The van der Waals surface area contributed by atoms with Crippen LogP contribution < -0.4 is 14.8 Å². The number of hydrogen-bond acceptors (Lipinski definition) is 4. The van der Waals surface area contributed by atoms with E-state index in [1.807, 2.05) is 49.4 Å². The largest absolute Gasteiger partial charge is 0.493 e. The molecule has 0 bridgehead atoms. The van der Waals surface area contributed by atoms with Crippen LogP contribution in [0, 0.1) is 5.82 Å². The van der Waals surface area contributed by atoms with E-state index >= 15 is 0 Å². The van der Waals surface area contributed by atoms with Crippen LogP contribution in [-0.2, 0) is 29.0 Å². The van der Waals surface area contributed by atoms with Crippen molar-refractivity contribution >= 4 is 11.8 Å². The number of hydrogen-bond donors (Lipinski definition) is 1. The zero-order chi connectivity index (χ0) is 26.6. The van der Waals surface area contributed by atoms with Gasteiger partial charge in [-0.15, -0.1) is 0 Å². The van der Waals surface area contributed by atoms with Gasteiger partial charge in [-0.25, -0.2) is 4.39 Å². The van der Waals surface area contributed by atoms with Gasteiger partial charge in [-0.05, 0) is 42.2 Å². The molecule has 7 heteroatoms. The van der Waals surface area contributed by atoms with Gasteiger partial charge >= 0.3 is 0 Å². The summed E-state index contributed by atoms with van der Waals surface area (Å²) >= 11 is 0. The summed E-state index contributed by atoms with van der Waals surface area (Å²) in [5.74, 6) is 0.297. The van der Waals surface area contributed by atoms with E-state index in [2.05, 4.69) is 5.32 Å². The van der Waals surface area contributed by atoms with Crippen LogP contribution in [0.5, 0.6) is 11.5 Å². The summed E-state index contributed by atoms with van der Waals surface area (Å²) in [6, 6.07) is 20.6. The molecule has 37 heavy (non-hydrogen) atoms. The Morgan fingerprint density at radius 2 is 1.62 bits per heavy atom. The first-order valence-electron chi connectivity index (χ1n) is 12.5. The SMILES string of the molecule is CCCNC(=O)C(Cc1ccccc1)N(Cc1ccccc1F)C(=O)CCc1ccc(OC)c(OC)c1. The van der Waals surface area contributed by atoms with E-state index in [-0.39, 0.29) is 24.8 Å². The summed E-state index contributed by atoms with van der Waals surface area (Å²) in [5.41, 5.74) is 2.18. The number of ether oxygens (including phenoxy) is 2. The fourth-order valence-electron chi connectivity index (χ4n) is 4.16. The zero-order valence-corrected chi connectivity index (χ0v) is 21.7. The fourth-order valence-corrected chi connectivity index (χ4v) is 4.16. The molecule has 3 rings (SSSR count). The van der Waals surface area contributed by atoms with E-state index in [9.17, 15) is 14.0 Å². The van der Waals surface area contributed by atoms with Gasteiger partial charge in [0.25, 0.3) is 0 Å². The van der Waals surface area contributed by atoms with Gasteiger partial charge in [0.05, 0.1) is 14.2 Å². The van der Waals surface area contributed by atoms with Crippen LogP contribution in [-0.4, -0.2) is 43.5 Å². The molecule has 6 nitrogen and oxygen atoms in total. The van der Waals surface area contributed by atoms with Gasteiger partial charge in [-0.2, -0.15) is 0 Å². The summed E-state index contributed by atoms with van der Waals surface area (Å²) in [4.78, 5) is 28.5. The molecule has 3 aromatic rings. The maximum atomic E-state index is 14.6. The van der Waals surface area contributed by atoms with E-state index < -0.39 is 11.9 Å². The van der Waals surface area contributed by atoms with Gasteiger partial charge in [0.15, 0.2) is 11.5 Å². The third-order valence-corrected chi connectivity index (χ3v) is 6.19. The van der Waals surface area contributed by atoms with Gasteiger partial charge in [-0.1, -0.05) is 61.5 Å². The van der Waals surface area contributed by atoms with E-state index in [0.717, 1.165) is 17.5 Å². The second-order valence-electron chi connectivity index (χ2n) is 8.80. The highest BCUT2D eigenvalue weighted by molar-refractivity contribution is 5.88. The predicted molar refractivity (Wildman–Crippen MR) is 142 cm³/mol. The molecule has 0 spiro atoms. The molecular formula is C30H35FN2O4. The lowest BCUT2D eigenvalue weighted by Crippen LogP contribution is -2.50.